The molecule has 2 fully saturated rings. The number of para-hydroxylation sites is 1. The van der Waals surface area contributed by atoms with Gasteiger partial charge in [0.25, 0.3) is 11.8 Å². The highest BCUT2D eigenvalue weighted by molar-refractivity contribution is 6.30. The summed E-state index contributed by atoms with van der Waals surface area (Å²) in [5.74, 6) is 0.103. The van der Waals surface area contributed by atoms with Crippen LogP contribution in [0.5, 0.6) is 5.75 Å². The number of ether oxygens (including phenoxy) is 1. The predicted molar refractivity (Wildman–Crippen MR) is 109 cm³/mol. The molecular weight excluding hydrogens is 388 g/mol. The van der Waals surface area contributed by atoms with Gasteiger partial charge in [-0.3, -0.25) is 9.59 Å². The van der Waals surface area contributed by atoms with Crippen LogP contribution in [0.1, 0.15) is 17.5 Å². The van der Waals surface area contributed by atoms with Gasteiger partial charge in [-0.2, -0.15) is 10.1 Å². The van der Waals surface area contributed by atoms with Gasteiger partial charge in [0.1, 0.15) is 12.4 Å². The van der Waals surface area contributed by atoms with Crippen molar-refractivity contribution in [3.05, 3.63) is 76.8 Å². The van der Waals surface area contributed by atoms with Crippen molar-refractivity contribution in [2.45, 2.75) is 13.0 Å². The fourth-order valence-corrected chi connectivity index (χ4v) is 4.84. The number of carbonyl (C=O) groups excluding carboxylic acids is 2. The van der Waals surface area contributed by atoms with Gasteiger partial charge in [-0.1, -0.05) is 48.0 Å². The van der Waals surface area contributed by atoms with Gasteiger partial charge in [-0.05, 0) is 48.1 Å². The van der Waals surface area contributed by atoms with Crippen LogP contribution in [0.15, 0.2) is 65.8 Å². The molecule has 4 atom stereocenters. The molecule has 1 heterocycles. The van der Waals surface area contributed by atoms with Crippen molar-refractivity contribution < 1.29 is 14.3 Å². The molecule has 2 aromatic carbocycles. The maximum atomic E-state index is 12.7. The van der Waals surface area contributed by atoms with E-state index in [0.29, 0.717) is 22.9 Å². The smallest absolute Gasteiger partial charge is 0.254 e. The predicted octanol–water partition coefficient (Wildman–Crippen LogP) is 4.06. The molecule has 2 amide bonds. The molecule has 0 radical (unpaired) electrons. The van der Waals surface area contributed by atoms with Gasteiger partial charge in [-0.15, -0.1) is 0 Å². The number of benzene rings is 2. The fourth-order valence-electron chi connectivity index (χ4n) is 4.63. The molecular formula is C23H19ClN2O3. The molecule has 0 spiro atoms. The van der Waals surface area contributed by atoms with Gasteiger partial charge >= 0.3 is 0 Å². The van der Waals surface area contributed by atoms with Gasteiger partial charge in [-0.25, -0.2) is 0 Å². The topological polar surface area (TPSA) is 59.0 Å². The number of hydrogen-bond donors (Lipinski definition) is 0. The molecule has 3 aliphatic rings. The van der Waals surface area contributed by atoms with E-state index < -0.39 is 0 Å². The first kappa shape index (κ1) is 18.1. The van der Waals surface area contributed by atoms with Crippen LogP contribution in [0.25, 0.3) is 0 Å². The summed E-state index contributed by atoms with van der Waals surface area (Å²) >= 11 is 6.02. The number of imide groups is 1. The van der Waals surface area contributed by atoms with E-state index in [2.05, 4.69) is 17.3 Å². The monoisotopic (exact) mass is 406 g/mol. The first-order valence-corrected chi connectivity index (χ1v) is 10.1. The highest BCUT2D eigenvalue weighted by Gasteiger charge is 2.59. The summed E-state index contributed by atoms with van der Waals surface area (Å²) in [6.07, 6.45) is 6.58. The molecule has 29 heavy (non-hydrogen) atoms. The number of amides is 2. The molecule has 0 N–H and O–H groups in total. The molecule has 0 unspecified atom stereocenters. The van der Waals surface area contributed by atoms with E-state index >= 15 is 0 Å². The molecule has 1 aliphatic heterocycles. The number of rotatable bonds is 5. The third kappa shape index (κ3) is 3.15. The van der Waals surface area contributed by atoms with E-state index in [1.165, 1.54) is 6.21 Å². The Balaban J connectivity index is 1.33. The number of fused-ring (bicyclic) bond motifs is 5. The Morgan fingerprint density at radius 2 is 1.76 bits per heavy atom. The molecule has 5 nitrogen and oxygen atoms in total. The van der Waals surface area contributed by atoms with E-state index in [1.807, 2.05) is 48.5 Å². The summed E-state index contributed by atoms with van der Waals surface area (Å²) in [5.41, 5.74) is 1.65. The zero-order valence-corrected chi connectivity index (χ0v) is 16.3. The maximum absolute atomic E-state index is 12.7. The second kappa shape index (κ2) is 7.16. The van der Waals surface area contributed by atoms with Crippen LogP contribution in [0.2, 0.25) is 5.02 Å². The summed E-state index contributed by atoms with van der Waals surface area (Å²) in [6, 6.07) is 14.9. The van der Waals surface area contributed by atoms with Crippen LogP contribution >= 0.6 is 11.6 Å². The van der Waals surface area contributed by atoms with Gasteiger partial charge in [0.05, 0.1) is 18.1 Å². The molecule has 1 saturated carbocycles. The molecule has 5 rings (SSSR count). The van der Waals surface area contributed by atoms with E-state index in [4.69, 9.17) is 16.3 Å². The average Bonchev–Trinajstić information content (AvgIpc) is 3.40. The zero-order valence-electron chi connectivity index (χ0n) is 15.6. The van der Waals surface area contributed by atoms with Crippen LogP contribution in [-0.4, -0.2) is 23.0 Å². The Hall–Kier alpha value is -2.92. The fraction of sp³-hybridized carbons (Fsp3) is 0.261. The number of nitrogens with zero attached hydrogens (tertiary/aromatic N) is 2. The van der Waals surface area contributed by atoms with E-state index in [-0.39, 0.29) is 35.5 Å². The van der Waals surface area contributed by atoms with Gasteiger partial charge in [0, 0.05) is 10.6 Å². The van der Waals surface area contributed by atoms with Crippen LogP contribution < -0.4 is 4.74 Å². The average molecular weight is 407 g/mol. The number of halogens is 1. The minimum absolute atomic E-state index is 0.176. The highest BCUT2D eigenvalue weighted by Crippen LogP contribution is 2.52. The van der Waals surface area contributed by atoms with E-state index in [9.17, 15) is 9.59 Å². The van der Waals surface area contributed by atoms with Gasteiger partial charge in [0.2, 0.25) is 0 Å². The highest BCUT2D eigenvalue weighted by atomic mass is 35.5. The maximum Gasteiger partial charge on any atom is 0.254 e. The van der Waals surface area contributed by atoms with Crippen molar-refractivity contribution in [1.82, 2.24) is 5.01 Å². The van der Waals surface area contributed by atoms with Crippen LogP contribution in [0.3, 0.4) is 0 Å². The summed E-state index contributed by atoms with van der Waals surface area (Å²) < 4.78 is 5.92. The van der Waals surface area contributed by atoms with Gasteiger partial charge < -0.3 is 4.74 Å². The Bertz CT molecular complexity index is 1020. The van der Waals surface area contributed by atoms with Crippen molar-refractivity contribution >= 4 is 29.6 Å². The number of hydrazone groups is 1. The van der Waals surface area contributed by atoms with E-state index in [0.717, 1.165) is 17.0 Å². The SMILES string of the molecule is O=C1[C@@H]2[C@@H](C(=O)N1/N=C\c1ccccc1OCc1cccc(Cl)c1)[C@H]1C=C[C@H]2C1. The van der Waals surface area contributed by atoms with E-state index in [1.54, 1.807) is 0 Å². The Labute approximate surface area is 173 Å². The molecule has 146 valence electrons. The third-order valence-electron chi connectivity index (χ3n) is 5.96. The third-order valence-corrected chi connectivity index (χ3v) is 6.20. The number of allylic oxidation sites excluding steroid dienone is 2. The summed E-state index contributed by atoms with van der Waals surface area (Å²) in [4.78, 5) is 25.5. The zero-order chi connectivity index (χ0) is 20.0. The molecule has 0 aromatic heterocycles. The Morgan fingerprint density at radius 3 is 2.48 bits per heavy atom. The Morgan fingerprint density at radius 1 is 1.03 bits per heavy atom. The normalized spacial score (nSPS) is 27.3. The summed E-state index contributed by atoms with van der Waals surface area (Å²) in [6.45, 7) is 0.353. The Kier molecular flexibility index (Phi) is 4.47. The second-order valence-electron chi connectivity index (χ2n) is 7.69. The first-order valence-electron chi connectivity index (χ1n) is 9.68. The summed E-state index contributed by atoms with van der Waals surface area (Å²) in [5, 5.41) is 5.95. The number of hydrogen-bond acceptors (Lipinski definition) is 4. The van der Waals surface area contributed by atoms with Crippen molar-refractivity contribution in [3.63, 3.8) is 0 Å². The molecule has 2 bridgehead atoms. The van der Waals surface area contributed by atoms with Crippen molar-refractivity contribution in [3.8, 4) is 5.75 Å². The lowest BCUT2D eigenvalue weighted by molar-refractivity contribution is -0.140. The first-order chi connectivity index (χ1) is 14.1. The standard InChI is InChI=1S/C23H19ClN2O3/c24-18-6-3-4-14(10-18)13-29-19-7-2-1-5-17(19)12-25-26-22(27)20-15-8-9-16(11-15)21(20)23(26)28/h1-10,12,15-16,20-21H,11,13H2/b25-12-/t15-,16-,20-,21-/m0/s1. The van der Waals surface area contributed by atoms with Crippen molar-refractivity contribution in [2.75, 3.05) is 0 Å². The van der Waals surface area contributed by atoms with Crippen LogP contribution in [0, 0.1) is 23.7 Å². The van der Waals surface area contributed by atoms with Gasteiger partial charge in [0.15, 0.2) is 0 Å². The molecule has 2 aliphatic carbocycles. The molecule has 6 heteroatoms. The number of carbonyl (C=O) groups is 2. The quantitative estimate of drug-likeness (QED) is 0.427. The summed E-state index contributed by atoms with van der Waals surface area (Å²) in [7, 11) is 0. The minimum Gasteiger partial charge on any atom is -0.488 e. The van der Waals surface area contributed by atoms with Crippen molar-refractivity contribution in [2.24, 2.45) is 28.8 Å². The largest absolute Gasteiger partial charge is 0.488 e. The minimum atomic E-state index is -0.246. The second-order valence-corrected chi connectivity index (χ2v) is 8.13. The van der Waals surface area contributed by atoms with Crippen LogP contribution in [0.4, 0.5) is 0 Å². The van der Waals surface area contributed by atoms with Crippen LogP contribution in [-0.2, 0) is 16.2 Å². The lowest BCUT2D eigenvalue weighted by Gasteiger charge is -2.13. The van der Waals surface area contributed by atoms with Crippen molar-refractivity contribution in [1.29, 1.82) is 0 Å². The lowest BCUT2D eigenvalue weighted by Crippen LogP contribution is -2.28. The molecule has 1 saturated heterocycles. The lowest BCUT2D eigenvalue weighted by atomic mass is 9.85. The molecule has 2 aromatic rings.